The molecular formula is C12H25NO3. The van der Waals surface area contributed by atoms with E-state index in [9.17, 15) is 9.90 Å². The zero-order valence-electron chi connectivity index (χ0n) is 11.1. The topological polar surface area (TPSA) is 49.8 Å². The number of carbonyl (C=O) groups excluding carboxylic acids is 1. The van der Waals surface area contributed by atoms with Gasteiger partial charge in [-0.25, -0.2) is 0 Å². The molecule has 0 aromatic heterocycles. The van der Waals surface area contributed by atoms with Crippen LogP contribution in [0.3, 0.4) is 0 Å². The zero-order valence-corrected chi connectivity index (χ0v) is 11.1. The molecule has 0 aliphatic carbocycles. The van der Waals surface area contributed by atoms with Gasteiger partial charge in [0.15, 0.2) is 0 Å². The first-order valence-corrected chi connectivity index (χ1v) is 5.85. The Labute approximate surface area is 98.6 Å². The van der Waals surface area contributed by atoms with Crippen LogP contribution in [0.25, 0.3) is 0 Å². The molecule has 3 unspecified atom stereocenters. The fraction of sp³-hybridized carbons (Fsp3) is 0.917. The highest BCUT2D eigenvalue weighted by Gasteiger charge is 2.23. The molecule has 0 heterocycles. The van der Waals surface area contributed by atoms with Crippen LogP contribution in [0.5, 0.6) is 0 Å². The standard InChI is InChI=1S/C12H25NO3/c1-6-9(2)10(3)12(15)13(4)7-11(14)8-16-5/h9-11,14H,6-8H2,1-5H3. The summed E-state index contributed by atoms with van der Waals surface area (Å²) in [5, 5.41) is 9.53. The van der Waals surface area contributed by atoms with Gasteiger partial charge < -0.3 is 14.7 Å². The molecule has 0 aromatic rings. The van der Waals surface area contributed by atoms with Gasteiger partial charge in [0.1, 0.15) is 0 Å². The molecule has 0 saturated heterocycles. The first-order chi connectivity index (χ1) is 7.43. The summed E-state index contributed by atoms with van der Waals surface area (Å²) in [7, 11) is 3.26. The van der Waals surface area contributed by atoms with Crippen LogP contribution in [0, 0.1) is 11.8 Å². The number of likely N-dealkylation sites (N-methyl/N-ethyl adjacent to an activating group) is 1. The molecule has 96 valence electrons. The minimum absolute atomic E-state index is 0.00439. The number of aliphatic hydroxyl groups excluding tert-OH is 1. The molecule has 16 heavy (non-hydrogen) atoms. The normalized spacial score (nSPS) is 16.6. The van der Waals surface area contributed by atoms with Crippen molar-refractivity contribution in [1.82, 2.24) is 4.90 Å². The van der Waals surface area contributed by atoms with Gasteiger partial charge in [0.25, 0.3) is 0 Å². The van der Waals surface area contributed by atoms with Crippen LogP contribution in [0.1, 0.15) is 27.2 Å². The molecule has 0 saturated carbocycles. The van der Waals surface area contributed by atoms with Crippen molar-refractivity contribution in [3.8, 4) is 0 Å². The van der Waals surface area contributed by atoms with Crippen LogP contribution in [-0.2, 0) is 9.53 Å². The van der Waals surface area contributed by atoms with E-state index in [1.807, 2.05) is 6.92 Å². The number of hydrogen-bond acceptors (Lipinski definition) is 3. The van der Waals surface area contributed by atoms with Gasteiger partial charge in [-0.3, -0.25) is 4.79 Å². The summed E-state index contributed by atoms with van der Waals surface area (Å²) in [6, 6.07) is 0. The lowest BCUT2D eigenvalue weighted by atomic mass is 9.92. The summed E-state index contributed by atoms with van der Waals surface area (Å²) in [4.78, 5) is 13.5. The Kier molecular flexibility index (Phi) is 7.34. The van der Waals surface area contributed by atoms with E-state index in [2.05, 4.69) is 13.8 Å². The van der Waals surface area contributed by atoms with Crippen molar-refractivity contribution in [2.24, 2.45) is 11.8 Å². The largest absolute Gasteiger partial charge is 0.389 e. The summed E-state index contributed by atoms with van der Waals surface area (Å²) in [6.45, 7) is 6.68. The number of nitrogens with zero attached hydrogens (tertiary/aromatic N) is 1. The predicted octanol–water partition coefficient (Wildman–Crippen LogP) is 1.13. The number of methoxy groups -OCH3 is 1. The molecule has 0 radical (unpaired) electrons. The highest BCUT2D eigenvalue weighted by atomic mass is 16.5. The Morgan fingerprint density at radius 1 is 1.44 bits per heavy atom. The van der Waals surface area contributed by atoms with Gasteiger partial charge in [-0.15, -0.1) is 0 Å². The molecule has 3 atom stereocenters. The van der Waals surface area contributed by atoms with Crippen LogP contribution in [-0.4, -0.2) is 49.3 Å². The Bertz CT molecular complexity index is 208. The molecule has 0 rings (SSSR count). The lowest BCUT2D eigenvalue weighted by molar-refractivity contribution is -0.136. The van der Waals surface area contributed by atoms with E-state index in [0.717, 1.165) is 6.42 Å². The van der Waals surface area contributed by atoms with Crippen molar-refractivity contribution in [2.75, 3.05) is 27.3 Å². The average Bonchev–Trinajstić information content (AvgIpc) is 2.26. The second-order valence-electron chi connectivity index (χ2n) is 4.50. The molecular weight excluding hydrogens is 206 g/mol. The number of carbonyl (C=O) groups is 1. The quantitative estimate of drug-likeness (QED) is 0.714. The third-order valence-corrected chi connectivity index (χ3v) is 3.11. The van der Waals surface area contributed by atoms with Crippen LogP contribution >= 0.6 is 0 Å². The van der Waals surface area contributed by atoms with Gasteiger partial charge in [0.05, 0.1) is 12.7 Å². The summed E-state index contributed by atoms with van der Waals surface area (Å²) in [5.74, 6) is 0.462. The fourth-order valence-corrected chi connectivity index (χ4v) is 1.60. The van der Waals surface area contributed by atoms with E-state index in [1.54, 1.807) is 11.9 Å². The van der Waals surface area contributed by atoms with Crippen molar-refractivity contribution in [2.45, 2.75) is 33.3 Å². The Balaban J connectivity index is 4.17. The molecule has 4 nitrogen and oxygen atoms in total. The maximum atomic E-state index is 12.0. The minimum atomic E-state index is -0.608. The number of aliphatic hydroxyl groups is 1. The second-order valence-corrected chi connectivity index (χ2v) is 4.50. The third-order valence-electron chi connectivity index (χ3n) is 3.11. The van der Waals surface area contributed by atoms with Gasteiger partial charge in [0.2, 0.25) is 5.91 Å². The lowest BCUT2D eigenvalue weighted by Crippen LogP contribution is -2.40. The van der Waals surface area contributed by atoms with Crippen LogP contribution in [0.4, 0.5) is 0 Å². The molecule has 1 N–H and O–H groups in total. The molecule has 0 fully saturated rings. The summed E-state index contributed by atoms with van der Waals surface area (Å²) >= 11 is 0. The van der Waals surface area contributed by atoms with Gasteiger partial charge in [-0.1, -0.05) is 27.2 Å². The third kappa shape index (κ3) is 4.94. The molecule has 0 aliphatic heterocycles. The minimum Gasteiger partial charge on any atom is -0.389 e. The van der Waals surface area contributed by atoms with Gasteiger partial charge in [0, 0.05) is 26.6 Å². The summed E-state index contributed by atoms with van der Waals surface area (Å²) < 4.78 is 4.83. The van der Waals surface area contributed by atoms with Crippen molar-refractivity contribution in [1.29, 1.82) is 0 Å². The Morgan fingerprint density at radius 2 is 2.00 bits per heavy atom. The van der Waals surface area contributed by atoms with E-state index in [-0.39, 0.29) is 18.4 Å². The molecule has 0 bridgehead atoms. The van der Waals surface area contributed by atoms with Crippen molar-refractivity contribution >= 4 is 5.91 Å². The number of hydrogen-bond donors (Lipinski definition) is 1. The van der Waals surface area contributed by atoms with E-state index >= 15 is 0 Å². The van der Waals surface area contributed by atoms with E-state index in [0.29, 0.717) is 12.5 Å². The molecule has 0 aromatic carbocycles. The summed E-state index contributed by atoms with van der Waals surface area (Å²) in [6.07, 6.45) is 0.379. The maximum absolute atomic E-state index is 12.0. The van der Waals surface area contributed by atoms with Crippen molar-refractivity contribution in [3.05, 3.63) is 0 Å². The Hall–Kier alpha value is -0.610. The van der Waals surface area contributed by atoms with Crippen molar-refractivity contribution in [3.63, 3.8) is 0 Å². The lowest BCUT2D eigenvalue weighted by Gasteiger charge is -2.26. The number of ether oxygens (including phenoxy) is 1. The van der Waals surface area contributed by atoms with Crippen LogP contribution in [0.2, 0.25) is 0 Å². The smallest absolute Gasteiger partial charge is 0.225 e. The van der Waals surface area contributed by atoms with E-state index in [4.69, 9.17) is 4.74 Å². The van der Waals surface area contributed by atoms with Gasteiger partial charge >= 0.3 is 0 Å². The monoisotopic (exact) mass is 231 g/mol. The first-order valence-electron chi connectivity index (χ1n) is 5.85. The van der Waals surface area contributed by atoms with Gasteiger partial charge in [-0.05, 0) is 5.92 Å². The zero-order chi connectivity index (χ0) is 12.7. The molecule has 0 aliphatic rings. The Morgan fingerprint density at radius 3 is 2.44 bits per heavy atom. The first kappa shape index (κ1) is 15.4. The highest BCUT2D eigenvalue weighted by Crippen LogP contribution is 2.16. The maximum Gasteiger partial charge on any atom is 0.225 e. The van der Waals surface area contributed by atoms with Gasteiger partial charge in [-0.2, -0.15) is 0 Å². The van der Waals surface area contributed by atoms with Crippen LogP contribution < -0.4 is 0 Å². The summed E-state index contributed by atoms with van der Waals surface area (Å²) in [5.41, 5.74) is 0. The van der Waals surface area contributed by atoms with Crippen molar-refractivity contribution < 1.29 is 14.6 Å². The number of amides is 1. The number of rotatable bonds is 7. The predicted molar refractivity (Wildman–Crippen MR) is 64.1 cm³/mol. The molecule has 0 spiro atoms. The van der Waals surface area contributed by atoms with E-state index in [1.165, 1.54) is 7.11 Å². The fourth-order valence-electron chi connectivity index (χ4n) is 1.60. The highest BCUT2D eigenvalue weighted by molar-refractivity contribution is 5.78. The average molecular weight is 231 g/mol. The molecule has 1 amide bonds. The second kappa shape index (κ2) is 7.63. The molecule has 4 heteroatoms. The van der Waals surface area contributed by atoms with E-state index < -0.39 is 6.10 Å². The SMILES string of the molecule is CCC(C)C(C)C(=O)N(C)CC(O)COC. The van der Waals surface area contributed by atoms with Crippen LogP contribution in [0.15, 0.2) is 0 Å².